The van der Waals surface area contributed by atoms with Gasteiger partial charge in [-0.3, -0.25) is 0 Å². The SMILES string of the molecule is CS1=NC=C(C(C)(C)O)S1. The lowest BCUT2D eigenvalue weighted by Crippen LogP contribution is -2.19. The smallest absolute Gasteiger partial charge is 0.0922 e. The Hall–Kier alpha value is 0.200. The summed E-state index contributed by atoms with van der Waals surface area (Å²) in [5.41, 5.74) is -0.702. The van der Waals surface area contributed by atoms with E-state index in [9.17, 15) is 5.11 Å². The minimum absolute atomic E-state index is 0.0397. The monoisotopic (exact) mass is 177 g/mol. The standard InChI is InChI=1S/C6H11NOS2/c1-6(2,8)5-4-7-10(3)9-5/h4,8H,1-3H3. The molecule has 0 fully saturated rings. The van der Waals surface area contributed by atoms with Crippen molar-refractivity contribution in [3.63, 3.8) is 0 Å². The molecule has 1 aliphatic heterocycles. The first-order chi connectivity index (χ1) is 4.50. The Labute approximate surface area is 67.2 Å². The predicted octanol–water partition coefficient (Wildman–Crippen LogP) is 1.69. The van der Waals surface area contributed by atoms with Gasteiger partial charge in [-0.2, -0.15) is 0 Å². The summed E-state index contributed by atoms with van der Waals surface area (Å²) in [7, 11) is 1.68. The first-order valence-corrected chi connectivity index (χ1v) is 5.91. The Morgan fingerprint density at radius 3 is 2.50 bits per heavy atom. The van der Waals surface area contributed by atoms with Gasteiger partial charge in [0.15, 0.2) is 0 Å². The Morgan fingerprint density at radius 2 is 2.30 bits per heavy atom. The van der Waals surface area contributed by atoms with Crippen LogP contribution in [0.1, 0.15) is 13.8 Å². The molecular formula is C6H11NOS2. The topological polar surface area (TPSA) is 32.6 Å². The molecule has 1 rings (SSSR count). The molecule has 0 amide bonds. The summed E-state index contributed by atoms with van der Waals surface area (Å²) in [4.78, 5) is 0.971. The number of aliphatic hydroxyl groups is 1. The molecular weight excluding hydrogens is 166 g/mol. The van der Waals surface area contributed by atoms with E-state index in [-0.39, 0.29) is 9.72 Å². The van der Waals surface area contributed by atoms with Crippen LogP contribution in [-0.4, -0.2) is 17.0 Å². The van der Waals surface area contributed by atoms with E-state index >= 15 is 0 Å². The summed E-state index contributed by atoms with van der Waals surface area (Å²) in [6.45, 7) is 3.56. The zero-order chi connectivity index (χ0) is 7.78. The maximum absolute atomic E-state index is 9.49. The average Bonchev–Trinajstić information content (AvgIpc) is 2.11. The van der Waals surface area contributed by atoms with Crippen LogP contribution in [-0.2, 0) is 9.72 Å². The van der Waals surface area contributed by atoms with Crippen LogP contribution in [0.2, 0.25) is 0 Å². The van der Waals surface area contributed by atoms with Crippen molar-refractivity contribution < 1.29 is 5.11 Å². The highest BCUT2D eigenvalue weighted by atomic mass is 33.1. The lowest BCUT2D eigenvalue weighted by atomic mass is 10.1. The quantitative estimate of drug-likeness (QED) is 0.618. The minimum atomic E-state index is -0.702. The number of hydrogen-bond acceptors (Lipinski definition) is 3. The molecule has 0 aromatic rings. The first-order valence-electron chi connectivity index (χ1n) is 2.98. The second kappa shape index (κ2) is 2.68. The van der Waals surface area contributed by atoms with Crippen LogP contribution in [0.25, 0.3) is 0 Å². The number of rotatable bonds is 1. The Balaban J connectivity index is 2.66. The average molecular weight is 177 g/mol. The van der Waals surface area contributed by atoms with E-state index in [0.717, 1.165) is 4.91 Å². The van der Waals surface area contributed by atoms with Gasteiger partial charge in [-0.05, 0) is 34.4 Å². The van der Waals surface area contributed by atoms with Gasteiger partial charge < -0.3 is 5.11 Å². The molecule has 0 saturated carbocycles. The van der Waals surface area contributed by atoms with Gasteiger partial charge in [0, 0.05) is 17.4 Å². The molecule has 1 heterocycles. The van der Waals surface area contributed by atoms with Crippen molar-refractivity contribution in [2.75, 3.05) is 6.26 Å². The molecule has 10 heavy (non-hydrogen) atoms. The van der Waals surface area contributed by atoms with Crippen molar-refractivity contribution in [2.45, 2.75) is 19.4 Å². The summed E-state index contributed by atoms with van der Waals surface area (Å²) in [5.74, 6) is 0. The van der Waals surface area contributed by atoms with Gasteiger partial charge in [0.05, 0.1) is 5.60 Å². The zero-order valence-corrected chi connectivity index (χ0v) is 7.92. The van der Waals surface area contributed by atoms with Gasteiger partial charge in [-0.15, -0.1) is 0 Å². The van der Waals surface area contributed by atoms with E-state index in [4.69, 9.17) is 0 Å². The molecule has 4 heteroatoms. The maximum atomic E-state index is 9.49. The van der Waals surface area contributed by atoms with Gasteiger partial charge in [-0.25, -0.2) is 4.36 Å². The summed E-state index contributed by atoms with van der Waals surface area (Å²) in [5, 5.41) is 9.49. The van der Waals surface area contributed by atoms with E-state index in [1.165, 1.54) is 0 Å². The molecule has 0 radical (unpaired) electrons. The highest BCUT2D eigenvalue weighted by Gasteiger charge is 2.22. The summed E-state index contributed by atoms with van der Waals surface area (Å²) < 4.78 is 4.15. The van der Waals surface area contributed by atoms with Crippen molar-refractivity contribution in [1.82, 2.24) is 0 Å². The van der Waals surface area contributed by atoms with Crippen molar-refractivity contribution in [2.24, 2.45) is 4.36 Å². The van der Waals surface area contributed by atoms with Crippen molar-refractivity contribution in [1.29, 1.82) is 0 Å². The number of hydrogen-bond donors (Lipinski definition) is 1. The molecule has 0 aliphatic carbocycles. The largest absolute Gasteiger partial charge is 0.385 e. The minimum Gasteiger partial charge on any atom is -0.385 e. The normalized spacial score (nSPS) is 26.0. The third-order valence-corrected chi connectivity index (χ3v) is 4.08. The molecule has 1 unspecified atom stereocenters. The van der Waals surface area contributed by atoms with Gasteiger partial charge >= 0.3 is 0 Å². The van der Waals surface area contributed by atoms with Crippen LogP contribution in [0.5, 0.6) is 0 Å². The Kier molecular flexibility index (Phi) is 2.22. The van der Waals surface area contributed by atoms with Gasteiger partial charge in [0.1, 0.15) is 0 Å². The van der Waals surface area contributed by atoms with E-state index in [0.29, 0.717) is 0 Å². The van der Waals surface area contributed by atoms with Crippen LogP contribution < -0.4 is 0 Å². The maximum Gasteiger partial charge on any atom is 0.0922 e. The lowest BCUT2D eigenvalue weighted by molar-refractivity contribution is 0.129. The van der Waals surface area contributed by atoms with E-state index < -0.39 is 5.60 Å². The predicted molar refractivity (Wildman–Crippen MR) is 47.7 cm³/mol. The van der Waals surface area contributed by atoms with Crippen LogP contribution >= 0.6 is 10.8 Å². The highest BCUT2D eigenvalue weighted by Crippen LogP contribution is 2.34. The fraction of sp³-hybridized carbons (Fsp3) is 0.667. The van der Waals surface area contributed by atoms with Gasteiger partial charge in [0.25, 0.3) is 0 Å². The zero-order valence-electron chi connectivity index (χ0n) is 6.29. The second-order valence-electron chi connectivity index (χ2n) is 2.66. The van der Waals surface area contributed by atoms with Crippen LogP contribution in [0, 0.1) is 0 Å². The van der Waals surface area contributed by atoms with E-state index in [1.807, 2.05) is 6.26 Å². The lowest BCUT2D eigenvalue weighted by Gasteiger charge is -2.16. The molecule has 0 aromatic heterocycles. The summed E-state index contributed by atoms with van der Waals surface area (Å²) in [6.07, 6.45) is 3.81. The molecule has 2 nitrogen and oxygen atoms in total. The molecule has 58 valence electrons. The molecule has 1 N–H and O–H groups in total. The van der Waals surface area contributed by atoms with Gasteiger partial charge in [-0.1, -0.05) is 0 Å². The van der Waals surface area contributed by atoms with E-state index in [2.05, 4.69) is 4.36 Å². The molecule has 0 aromatic carbocycles. The summed E-state index contributed by atoms with van der Waals surface area (Å²) >= 11 is 0. The first kappa shape index (κ1) is 8.30. The van der Waals surface area contributed by atoms with Crippen molar-refractivity contribution in [3.8, 4) is 0 Å². The Morgan fingerprint density at radius 1 is 1.70 bits per heavy atom. The number of nitrogens with zero attached hydrogens (tertiary/aromatic N) is 1. The van der Waals surface area contributed by atoms with Crippen LogP contribution in [0.3, 0.4) is 0 Å². The molecule has 1 atom stereocenters. The summed E-state index contributed by atoms with van der Waals surface area (Å²) in [6, 6.07) is 0. The van der Waals surface area contributed by atoms with Gasteiger partial charge in [0.2, 0.25) is 0 Å². The Bertz CT molecular complexity index is 202. The molecule has 1 aliphatic rings. The second-order valence-corrected chi connectivity index (χ2v) is 6.28. The fourth-order valence-corrected chi connectivity index (χ4v) is 3.26. The molecule has 0 bridgehead atoms. The molecule has 0 spiro atoms. The van der Waals surface area contributed by atoms with Crippen molar-refractivity contribution in [3.05, 3.63) is 11.1 Å². The van der Waals surface area contributed by atoms with Crippen molar-refractivity contribution >= 4 is 20.5 Å². The third kappa shape index (κ3) is 1.84. The third-order valence-electron chi connectivity index (χ3n) is 1.13. The van der Waals surface area contributed by atoms with E-state index in [1.54, 1.807) is 30.8 Å². The fourth-order valence-electron chi connectivity index (χ4n) is 0.555. The molecule has 0 saturated heterocycles. The van der Waals surface area contributed by atoms with Crippen LogP contribution in [0.15, 0.2) is 15.5 Å². The van der Waals surface area contributed by atoms with Crippen LogP contribution in [0.4, 0.5) is 0 Å². The highest BCUT2D eigenvalue weighted by molar-refractivity contribution is 8.71.